The Morgan fingerprint density at radius 3 is 2.70 bits per heavy atom. The normalized spacial score (nSPS) is 11.0. The molecule has 2 rings (SSSR count). The maximum atomic E-state index is 13.1. The molecule has 0 aliphatic rings. The Bertz CT molecular complexity index is 933. The first-order valence-electron chi connectivity index (χ1n) is 10.7. The molecule has 0 atom stereocenters. The van der Waals surface area contributed by atoms with Gasteiger partial charge in [0.25, 0.3) is 5.56 Å². The predicted molar refractivity (Wildman–Crippen MR) is 123 cm³/mol. The highest BCUT2D eigenvalue weighted by atomic mass is 32.2. The lowest BCUT2D eigenvalue weighted by Crippen LogP contribution is -2.30. The minimum absolute atomic E-state index is 0.0458. The molecule has 0 spiro atoms. The topological polar surface area (TPSA) is 79.0 Å². The van der Waals surface area contributed by atoms with Crippen LogP contribution in [0.4, 0.5) is 0 Å². The fourth-order valence-electron chi connectivity index (χ4n) is 3.21. The zero-order valence-corrected chi connectivity index (χ0v) is 19.1. The van der Waals surface area contributed by atoms with Crippen molar-refractivity contribution in [2.45, 2.75) is 64.1 Å². The van der Waals surface area contributed by atoms with E-state index >= 15 is 0 Å². The number of rotatable bonds is 12. The number of carbonyl (C=O) groups is 1. The molecule has 0 radical (unpaired) electrons. The minimum Gasteiger partial charge on any atom is -0.344 e. The standard InChI is InChI=1S/C23H32N4O2S/c1-18(2)11-6-4-5-9-16-27-22(29)19-12-7-8-13-20(19)25-23(27)30-17-21(28)26(3)15-10-14-24/h7-8,12-13,18H,4-6,9-11,15-17H2,1-3H3. The third-order valence-corrected chi connectivity index (χ3v) is 6.01. The molecule has 1 aromatic carbocycles. The van der Waals surface area contributed by atoms with Crippen LogP contribution < -0.4 is 5.56 Å². The van der Waals surface area contributed by atoms with Gasteiger partial charge in [0.1, 0.15) is 0 Å². The largest absolute Gasteiger partial charge is 0.344 e. The molecule has 7 heteroatoms. The summed E-state index contributed by atoms with van der Waals surface area (Å²) in [6.07, 6.45) is 5.92. The summed E-state index contributed by atoms with van der Waals surface area (Å²) in [5, 5.41) is 9.89. The van der Waals surface area contributed by atoms with E-state index in [9.17, 15) is 9.59 Å². The van der Waals surface area contributed by atoms with Crippen LogP contribution in [0.2, 0.25) is 0 Å². The zero-order chi connectivity index (χ0) is 21.9. The van der Waals surface area contributed by atoms with Gasteiger partial charge in [-0.1, -0.05) is 63.4 Å². The molecule has 0 N–H and O–H groups in total. The molecule has 1 amide bonds. The van der Waals surface area contributed by atoms with Gasteiger partial charge in [0.2, 0.25) is 5.91 Å². The summed E-state index contributed by atoms with van der Waals surface area (Å²) in [6.45, 7) is 5.50. The van der Waals surface area contributed by atoms with Gasteiger partial charge in [0.05, 0.1) is 29.1 Å². The monoisotopic (exact) mass is 428 g/mol. The van der Waals surface area contributed by atoms with Crippen molar-refractivity contribution in [3.05, 3.63) is 34.6 Å². The molecule has 6 nitrogen and oxygen atoms in total. The Kier molecular flexibility index (Phi) is 9.88. The van der Waals surface area contributed by atoms with Gasteiger partial charge in [0.15, 0.2) is 5.16 Å². The van der Waals surface area contributed by atoms with Crippen molar-refractivity contribution in [2.75, 3.05) is 19.3 Å². The number of aromatic nitrogens is 2. The van der Waals surface area contributed by atoms with E-state index in [1.54, 1.807) is 22.6 Å². The number of benzene rings is 1. The smallest absolute Gasteiger partial charge is 0.262 e. The summed E-state index contributed by atoms with van der Waals surface area (Å²) in [5.41, 5.74) is 0.610. The Hall–Kier alpha value is -2.33. The van der Waals surface area contributed by atoms with Crippen LogP contribution in [0.15, 0.2) is 34.2 Å². The van der Waals surface area contributed by atoms with Crippen molar-refractivity contribution < 1.29 is 4.79 Å². The second kappa shape index (κ2) is 12.4. The number of nitriles is 1. The summed E-state index contributed by atoms with van der Waals surface area (Å²) in [4.78, 5) is 31.6. The van der Waals surface area contributed by atoms with Gasteiger partial charge in [0, 0.05) is 20.1 Å². The van der Waals surface area contributed by atoms with Crippen molar-refractivity contribution in [3.63, 3.8) is 0 Å². The Morgan fingerprint density at radius 2 is 1.97 bits per heavy atom. The van der Waals surface area contributed by atoms with E-state index in [1.807, 2.05) is 24.3 Å². The highest BCUT2D eigenvalue weighted by Crippen LogP contribution is 2.19. The molecule has 0 saturated heterocycles. The van der Waals surface area contributed by atoms with Crippen LogP contribution in [0.3, 0.4) is 0 Å². The number of hydrogen-bond donors (Lipinski definition) is 0. The third-order valence-electron chi connectivity index (χ3n) is 5.05. The summed E-state index contributed by atoms with van der Waals surface area (Å²) < 4.78 is 1.72. The van der Waals surface area contributed by atoms with E-state index in [2.05, 4.69) is 18.8 Å². The number of nitrogens with zero attached hydrogens (tertiary/aromatic N) is 4. The van der Waals surface area contributed by atoms with E-state index in [0.717, 1.165) is 18.8 Å². The number of unbranched alkanes of at least 4 members (excludes halogenated alkanes) is 3. The van der Waals surface area contributed by atoms with Gasteiger partial charge in [-0.25, -0.2) is 4.98 Å². The Labute approximate surface area is 183 Å². The quantitative estimate of drug-likeness (QED) is 0.283. The highest BCUT2D eigenvalue weighted by Gasteiger charge is 2.15. The average molecular weight is 429 g/mol. The number of thioether (sulfide) groups is 1. The molecule has 162 valence electrons. The van der Waals surface area contributed by atoms with Gasteiger partial charge in [-0.15, -0.1) is 0 Å². The molecular formula is C23H32N4O2S. The molecule has 0 aliphatic carbocycles. The molecule has 2 aromatic rings. The summed E-state index contributed by atoms with van der Waals surface area (Å²) in [6, 6.07) is 9.40. The fourth-order valence-corrected chi connectivity index (χ4v) is 4.18. The lowest BCUT2D eigenvalue weighted by molar-refractivity contribution is -0.127. The second-order valence-corrected chi connectivity index (χ2v) is 8.92. The summed E-state index contributed by atoms with van der Waals surface area (Å²) in [5.74, 6) is 0.850. The minimum atomic E-state index is -0.0714. The number of amides is 1. The molecule has 1 heterocycles. The van der Waals surface area contributed by atoms with Crippen molar-refractivity contribution in [1.29, 1.82) is 5.26 Å². The first-order chi connectivity index (χ1) is 14.4. The van der Waals surface area contributed by atoms with Gasteiger partial charge < -0.3 is 4.90 Å². The molecule has 0 bridgehead atoms. The van der Waals surface area contributed by atoms with Crippen LogP contribution in [-0.2, 0) is 11.3 Å². The molecule has 1 aromatic heterocycles. The Morgan fingerprint density at radius 1 is 1.23 bits per heavy atom. The van der Waals surface area contributed by atoms with Gasteiger partial charge in [-0.05, 0) is 24.5 Å². The van der Waals surface area contributed by atoms with Crippen LogP contribution in [0, 0.1) is 17.2 Å². The molecule has 0 aliphatic heterocycles. The third kappa shape index (κ3) is 7.17. The first kappa shape index (κ1) is 23.9. The first-order valence-corrected chi connectivity index (χ1v) is 11.7. The van der Waals surface area contributed by atoms with Gasteiger partial charge in [-0.3, -0.25) is 14.2 Å². The van der Waals surface area contributed by atoms with E-state index in [0.29, 0.717) is 35.6 Å². The van der Waals surface area contributed by atoms with Gasteiger partial charge >= 0.3 is 0 Å². The number of hydrogen-bond acceptors (Lipinski definition) is 5. The molecular weight excluding hydrogens is 396 g/mol. The van der Waals surface area contributed by atoms with Crippen molar-refractivity contribution >= 4 is 28.6 Å². The molecule has 30 heavy (non-hydrogen) atoms. The predicted octanol–water partition coefficient (Wildman–Crippen LogP) is 4.47. The zero-order valence-electron chi connectivity index (χ0n) is 18.3. The van der Waals surface area contributed by atoms with Crippen LogP contribution in [0.5, 0.6) is 0 Å². The van der Waals surface area contributed by atoms with E-state index in [4.69, 9.17) is 5.26 Å². The highest BCUT2D eigenvalue weighted by molar-refractivity contribution is 7.99. The maximum absolute atomic E-state index is 13.1. The molecule has 0 fully saturated rings. The van der Waals surface area contributed by atoms with E-state index < -0.39 is 0 Å². The van der Waals surface area contributed by atoms with Crippen LogP contribution >= 0.6 is 11.8 Å². The SMILES string of the molecule is CC(C)CCCCCCn1c(SCC(=O)N(C)CCC#N)nc2ccccc2c1=O. The van der Waals surface area contributed by atoms with E-state index in [1.165, 1.54) is 31.0 Å². The van der Waals surface area contributed by atoms with Crippen LogP contribution in [-0.4, -0.2) is 39.7 Å². The average Bonchev–Trinajstić information content (AvgIpc) is 2.73. The molecule has 0 unspecified atom stereocenters. The van der Waals surface area contributed by atoms with E-state index in [-0.39, 0.29) is 17.2 Å². The van der Waals surface area contributed by atoms with Crippen molar-refractivity contribution in [1.82, 2.24) is 14.5 Å². The maximum Gasteiger partial charge on any atom is 0.262 e. The number of carbonyl (C=O) groups excluding carboxylic acids is 1. The number of para-hydroxylation sites is 1. The lowest BCUT2D eigenvalue weighted by Gasteiger charge is -2.16. The van der Waals surface area contributed by atoms with Crippen molar-refractivity contribution in [2.24, 2.45) is 5.92 Å². The fraction of sp³-hybridized carbons (Fsp3) is 0.565. The summed E-state index contributed by atoms with van der Waals surface area (Å²) in [7, 11) is 1.69. The van der Waals surface area contributed by atoms with Crippen LogP contribution in [0.25, 0.3) is 10.9 Å². The second-order valence-electron chi connectivity index (χ2n) is 7.98. The summed E-state index contributed by atoms with van der Waals surface area (Å²) >= 11 is 1.30. The lowest BCUT2D eigenvalue weighted by atomic mass is 10.0. The van der Waals surface area contributed by atoms with Crippen LogP contribution in [0.1, 0.15) is 52.4 Å². The molecule has 0 saturated carbocycles. The van der Waals surface area contributed by atoms with Gasteiger partial charge in [-0.2, -0.15) is 5.26 Å². The Balaban J connectivity index is 2.10. The number of fused-ring (bicyclic) bond motifs is 1. The van der Waals surface area contributed by atoms with Crippen molar-refractivity contribution in [3.8, 4) is 6.07 Å².